The van der Waals surface area contributed by atoms with Crippen LogP contribution in [0.3, 0.4) is 0 Å². The highest BCUT2D eigenvalue weighted by atomic mass is 32.2. The third kappa shape index (κ3) is 5.56. The van der Waals surface area contributed by atoms with E-state index in [2.05, 4.69) is 10.0 Å². The molecule has 1 saturated carbocycles. The molecule has 1 aliphatic rings. The minimum atomic E-state index is -3.53. The maximum atomic E-state index is 12.6. The molecule has 28 heavy (non-hydrogen) atoms. The summed E-state index contributed by atoms with van der Waals surface area (Å²) in [6.45, 7) is 0.892. The number of carbonyl (C=O) groups is 1. The van der Waals surface area contributed by atoms with Crippen molar-refractivity contribution in [3.05, 3.63) is 54.6 Å². The predicted molar refractivity (Wildman–Crippen MR) is 109 cm³/mol. The van der Waals surface area contributed by atoms with Crippen molar-refractivity contribution in [1.82, 2.24) is 10.0 Å². The Labute approximate surface area is 166 Å². The van der Waals surface area contributed by atoms with Gasteiger partial charge in [0.1, 0.15) is 0 Å². The molecular weight excluding hydrogens is 376 g/mol. The first-order valence-electron chi connectivity index (χ1n) is 9.56. The summed E-state index contributed by atoms with van der Waals surface area (Å²) < 4.78 is 27.9. The molecular formula is C21H26N2O4S. The molecule has 1 amide bonds. The molecule has 1 fully saturated rings. The van der Waals surface area contributed by atoms with Crippen molar-refractivity contribution in [3.63, 3.8) is 0 Å². The maximum Gasteiger partial charge on any atom is 0.404 e. The number of nitrogens with one attached hydrogen (secondary N) is 2. The molecule has 0 atom stereocenters. The number of carboxylic acid groups (broad SMARTS) is 1. The monoisotopic (exact) mass is 402 g/mol. The van der Waals surface area contributed by atoms with E-state index in [0.29, 0.717) is 24.9 Å². The van der Waals surface area contributed by atoms with E-state index in [1.54, 1.807) is 12.1 Å². The number of amides is 1. The van der Waals surface area contributed by atoms with Crippen LogP contribution < -0.4 is 10.0 Å². The van der Waals surface area contributed by atoms with E-state index in [1.165, 1.54) is 0 Å². The van der Waals surface area contributed by atoms with Gasteiger partial charge in [0.25, 0.3) is 0 Å². The lowest BCUT2D eigenvalue weighted by Crippen LogP contribution is -2.34. The summed E-state index contributed by atoms with van der Waals surface area (Å²) in [5.41, 5.74) is 2.03. The summed E-state index contributed by atoms with van der Waals surface area (Å²) in [6.07, 6.45) is 2.65. The van der Waals surface area contributed by atoms with Crippen LogP contribution in [0.2, 0.25) is 0 Å². The number of rotatable bonds is 7. The molecule has 0 heterocycles. The minimum absolute atomic E-state index is 0.270. The van der Waals surface area contributed by atoms with Crippen LogP contribution in [-0.2, 0) is 10.0 Å². The summed E-state index contributed by atoms with van der Waals surface area (Å²) in [5.74, 6) is 0.633. The van der Waals surface area contributed by atoms with Gasteiger partial charge in [-0.3, -0.25) is 0 Å². The maximum absolute atomic E-state index is 12.6. The summed E-state index contributed by atoms with van der Waals surface area (Å²) in [4.78, 5) is 10.8. The Bertz CT molecular complexity index is 874. The Morgan fingerprint density at radius 3 is 1.96 bits per heavy atom. The van der Waals surface area contributed by atoms with E-state index < -0.39 is 16.1 Å². The van der Waals surface area contributed by atoms with Gasteiger partial charge >= 0.3 is 6.09 Å². The largest absolute Gasteiger partial charge is 0.465 e. The fourth-order valence-corrected chi connectivity index (χ4v) is 4.76. The van der Waals surface area contributed by atoms with Crippen LogP contribution in [0.15, 0.2) is 59.5 Å². The van der Waals surface area contributed by atoms with Crippen molar-refractivity contribution < 1.29 is 18.3 Å². The van der Waals surface area contributed by atoms with Gasteiger partial charge in [-0.2, -0.15) is 0 Å². The molecule has 3 N–H and O–H groups in total. The van der Waals surface area contributed by atoms with Crippen molar-refractivity contribution in [2.45, 2.75) is 30.6 Å². The smallest absolute Gasteiger partial charge is 0.404 e. The van der Waals surface area contributed by atoms with Crippen molar-refractivity contribution in [1.29, 1.82) is 0 Å². The Kier molecular flexibility index (Phi) is 6.70. The zero-order valence-corrected chi connectivity index (χ0v) is 16.5. The lowest BCUT2D eigenvalue weighted by Gasteiger charge is -2.28. The highest BCUT2D eigenvalue weighted by Crippen LogP contribution is 2.28. The molecule has 7 heteroatoms. The van der Waals surface area contributed by atoms with Crippen LogP contribution in [0.25, 0.3) is 11.1 Å². The highest BCUT2D eigenvalue weighted by Gasteiger charge is 2.23. The molecule has 0 bridgehead atoms. The number of hydrogen-bond acceptors (Lipinski definition) is 3. The summed E-state index contributed by atoms with van der Waals surface area (Å²) >= 11 is 0. The molecule has 0 aromatic heterocycles. The minimum Gasteiger partial charge on any atom is -0.465 e. The Balaban J connectivity index is 1.51. The normalized spacial score (nSPS) is 19.9. The lowest BCUT2D eigenvalue weighted by atomic mass is 9.82. The van der Waals surface area contributed by atoms with Gasteiger partial charge in [-0.1, -0.05) is 42.5 Å². The lowest BCUT2D eigenvalue weighted by molar-refractivity contribution is 0.188. The van der Waals surface area contributed by atoms with E-state index in [-0.39, 0.29) is 4.90 Å². The quantitative estimate of drug-likeness (QED) is 0.658. The summed E-state index contributed by atoms with van der Waals surface area (Å²) in [5, 5.41) is 11.1. The van der Waals surface area contributed by atoms with E-state index in [9.17, 15) is 13.2 Å². The summed E-state index contributed by atoms with van der Waals surface area (Å²) in [7, 11) is -3.53. The molecule has 0 radical (unpaired) electrons. The molecule has 2 aromatic carbocycles. The molecule has 0 unspecified atom stereocenters. The number of benzene rings is 2. The Hall–Kier alpha value is -2.38. The molecule has 150 valence electrons. The first-order valence-corrected chi connectivity index (χ1v) is 11.0. The molecule has 0 spiro atoms. The van der Waals surface area contributed by atoms with Gasteiger partial charge in [0.15, 0.2) is 0 Å². The van der Waals surface area contributed by atoms with Gasteiger partial charge < -0.3 is 10.4 Å². The van der Waals surface area contributed by atoms with Gasteiger partial charge in [-0.25, -0.2) is 17.9 Å². The van der Waals surface area contributed by atoms with Crippen molar-refractivity contribution in [2.24, 2.45) is 11.8 Å². The molecule has 0 aliphatic heterocycles. The summed E-state index contributed by atoms with van der Waals surface area (Å²) in [6, 6.07) is 16.8. The second-order valence-corrected chi connectivity index (χ2v) is 9.08. The average molecular weight is 403 g/mol. The Morgan fingerprint density at radius 1 is 0.857 bits per heavy atom. The van der Waals surface area contributed by atoms with Gasteiger partial charge in [0, 0.05) is 13.1 Å². The fourth-order valence-electron chi connectivity index (χ4n) is 3.64. The molecule has 6 nitrogen and oxygen atoms in total. The number of sulfonamides is 1. The third-order valence-electron chi connectivity index (χ3n) is 5.34. The van der Waals surface area contributed by atoms with E-state index in [1.807, 2.05) is 42.5 Å². The average Bonchev–Trinajstić information content (AvgIpc) is 2.72. The van der Waals surface area contributed by atoms with Crippen LogP contribution >= 0.6 is 0 Å². The van der Waals surface area contributed by atoms with E-state index >= 15 is 0 Å². The first kappa shape index (κ1) is 20.4. The van der Waals surface area contributed by atoms with Crippen LogP contribution in [0.1, 0.15) is 25.7 Å². The SMILES string of the molecule is O=C(O)NCC1CCC(CNS(=O)(=O)c2ccc(-c3ccccc3)cc2)CC1. The molecule has 3 rings (SSSR count). The topological polar surface area (TPSA) is 95.5 Å². The molecule has 2 aromatic rings. The second-order valence-electron chi connectivity index (χ2n) is 7.32. The van der Waals surface area contributed by atoms with Gasteiger partial charge in [-0.15, -0.1) is 0 Å². The van der Waals surface area contributed by atoms with Crippen LogP contribution in [0.4, 0.5) is 4.79 Å². The zero-order chi connectivity index (χ0) is 20.0. The zero-order valence-electron chi connectivity index (χ0n) is 15.7. The number of hydrogen-bond donors (Lipinski definition) is 3. The van der Waals surface area contributed by atoms with Crippen molar-refractivity contribution in [2.75, 3.05) is 13.1 Å². The highest BCUT2D eigenvalue weighted by molar-refractivity contribution is 7.89. The van der Waals surface area contributed by atoms with Crippen molar-refractivity contribution >= 4 is 16.1 Å². The second kappa shape index (κ2) is 9.21. The fraction of sp³-hybridized carbons (Fsp3) is 0.381. The van der Waals surface area contributed by atoms with Crippen molar-refractivity contribution in [3.8, 4) is 11.1 Å². The van der Waals surface area contributed by atoms with E-state index in [0.717, 1.165) is 36.8 Å². The van der Waals surface area contributed by atoms with Gasteiger partial charge in [0.2, 0.25) is 10.0 Å². The molecule has 0 saturated heterocycles. The van der Waals surface area contributed by atoms with Gasteiger partial charge in [-0.05, 0) is 60.8 Å². The Morgan fingerprint density at radius 2 is 1.39 bits per heavy atom. The third-order valence-corrected chi connectivity index (χ3v) is 6.78. The van der Waals surface area contributed by atoms with Gasteiger partial charge in [0.05, 0.1) is 4.90 Å². The van der Waals surface area contributed by atoms with E-state index in [4.69, 9.17) is 5.11 Å². The van der Waals surface area contributed by atoms with Crippen LogP contribution in [0, 0.1) is 11.8 Å². The standard InChI is InChI=1S/C21H26N2O4S/c24-21(25)22-14-16-6-8-17(9-7-16)15-23-28(26,27)20-12-10-19(11-13-20)18-4-2-1-3-5-18/h1-5,10-13,16-17,22-23H,6-9,14-15H2,(H,24,25). The molecule has 1 aliphatic carbocycles. The first-order chi connectivity index (χ1) is 13.4. The van der Waals surface area contributed by atoms with Crippen LogP contribution in [-0.4, -0.2) is 32.7 Å². The van der Waals surface area contributed by atoms with Crippen LogP contribution in [0.5, 0.6) is 0 Å². The predicted octanol–water partition coefficient (Wildman–Crippen LogP) is 3.71.